The van der Waals surface area contributed by atoms with Crippen LogP contribution in [0.2, 0.25) is 0 Å². The number of hydrogen-bond donors (Lipinski definition) is 1. The molecule has 8 heteroatoms. The first-order chi connectivity index (χ1) is 15.0. The molecule has 0 spiro atoms. The minimum Gasteiger partial charge on any atom is -0.383 e. The normalized spacial score (nSPS) is 14.8. The van der Waals surface area contributed by atoms with Crippen molar-refractivity contribution in [2.24, 2.45) is 0 Å². The van der Waals surface area contributed by atoms with Crippen LogP contribution in [0.4, 0.5) is 5.82 Å². The zero-order valence-electron chi connectivity index (χ0n) is 16.8. The van der Waals surface area contributed by atoms with Crippen LogP contribution in [0.3, 0.4) is 0 Å². The van der Waals surface area contributed by atoms with E-state index in [1.54, 1.807) is 30.9 Å². The molecule has 5 rings (SSSR count). The monoisotopic (exact) mass is 431 g/mol. The Morgan fingerprint density at radius 1 is 0.839 bits per heavy atom. The van der Waals surface area contributed by atoms with Crippen LogP contribution in [0, 0.1) is 0 Å². The van der Waals surface area contributed by atoms with Gasteiger partial charge in [-0.2, -0.15) is 4.31 Å². The number of benzene rings is 1. The summed E-state index contributed by atoms with van der Waals surface area (Å²) in [7, 11) is -3.67. The van der Waals surface area contributed by atoms with E-state index >= 15 is 0 Å². The lowest BCUT2D eigenvalue weighted by Gasteiger charge is -2.17. The standard InChI is InChI=1S/C23H21N5O2S/c24-23-22(31(29,30)28-11-1-2-12-28)14-18(15-27-23)17-3-4-21-20(13-17)19(7-10-26-21)16-5-8-25-9-6-16/h3-10,13-15H,1-2,11-12H2,(H2,24,27). The first-order valence-corrected chi connectivity index (χ1v) is 11.5. The minimum atomic E-state index is -3.67. The lowest BCUT2D eigenvalue weighted by molar-refractivity contribution is 0.477. The third-order valence-electron chi connectivity index (χ3n) is 5.63. The molecule has 3 aromatic heterocycles. The molecule has 0 unspecified atom stereocenters. The maximum atomic E-state index is 13.1. The summed E-state index contributed by atoms with van der Waals surface area (Å²) < 4.78 is 27.6. The predicted octanol–water partition coefficient (Wildman–Crippen LogP) is 3.73. The molecule has 1 aliphatic heterocycles. The molecule has 1 saturated heterocycles. The third-order valence-corrected chi connectivity index (χ3v) is 7.56. The SMILES string of the molecule is Nc1ncc(-c2ccc3nccc(-c4ccncc4)c3c2)cc1S(=O)(=O)N1CCCC1. The van der Waals surface area contributed by atoms with Gasteiger partial charge < -0.3 is 5.73 Å². The molecule has 0 aliphatic carbocycles. The van der Waals surface area contributed by atoms with E-state index in [0.29, 0.717) is 18.7 Å². The molecule has 0 saturated carbocycles. The van der Waals surface area contributed by atoms with Crippen LogP contribution >= 0.6 is 0 Å². The van der Waals surface area contributed by atoms with Gasteiger partial charge in [-0.25, -0.2) is 13.4 Å². The molecule has 0 atom stereocenters. The maximum Gasteiger partial charge on any atom is 0.246 e. The van der Waals surface area contributed by atoms with Gasteiger partial charge in [0.2, 0.25) is 10.0 Å². The molecular formula is C23H21N5O2S. The van der Waals surface area contributed by atoms with Crippen LogP contribution in [0.15, 0.2) is 72.1 Å². The number of rotatable bonds is 4. The number of nitrogens with zero attached hydrogens (tertiary/aromatic N) is 4. The van der Waals surface area contributed by atoms with Crippen molar-refractivity contribution in [1.82, 2.24) is 19.3 Å². The second-order valence-corrected chi connectivity index (χ2v) is 9.45. The molecule has 0 radical (unpaired) electrons. The first kappa shape index (κ1) is 19.6. The molecule has 1 fully saturated rings. The van der Waals surface area contributed by atoms with Gasteiger partial charge in [0.05, 0.1) is 5.52 Å². The Morgan fingerprint density at radius 2 is 1.61 bits per heavy atom. The molecule has 156 valence electrons. The quantitative estimate of drug-likeness (QED) is 0.528. The topological polar surface area (TPSA) is 102 Å². The molecule has 1 aromatic carbocycles. The van der Waals surface area contributed by atoms with E-state index < -0.39 is 10.0 Å². The van der Waals surface area contributed by atoms with Crippen molar-refractivity contribution in [1.29, 1.82) is 0 Å². The van der Waals surface area contributed by atoms with Crippen LogP contribution in [0.5, 0.6) is 0 Å². The number of sulfonamides is 1. The maximum absolute atomic E-state index is 13.1. The highest BCUT2D eigenvalue weighted by Gasteiger charge is 2.29. The van der Waals surface area contributed by atoms with Crippen molar-refractivity contribution in [3.8, 4) is 22.3 Å². The Morgan fingerprint density at radius 3 is 2.39 bits per heavy atom. The number of aromatic nitrogens is 3. The zero-order chi connectivity index (χ0) is 21.4. The largest absolute Gasteiger partial charge is 0.383 e. The van der Waals surface area contributed by atoms with E-state index in [2.05, 4.69) is 15.0 Å². The van der Waals surface area contributed by atoms with Gasteiger partial charge in [0.15, 0.2) is 0 Å². The highest BCUT2D eigenvalue weighted by Crippen LogP contribution is 2.33. The van der Waals surface area contributed by atoms with Crippen molar-refractivity contribution in [3.05, 3.63) is 67.3 Å². The average Bonchev–Trinajstić information content (AvgIpc) is 3.35. The van der Waals surface area contributed by atoms with E-state index in [4.69, 9.17) is 5.73 Å². The molecule has 2 N–H and O–H groups in total. The average molecular weight is 432 g/mol. The van der Waals surface area contributed by atoms with Gasteiger partial charge in [0.25, 0.3) is 0 Å². The Balaban J connectivity index is 1.63. The van der Waals surface area contributed by atoms with E-state index in [9.17, 15) is 8.42 Å². The number of nitrogen functional groups attached to an aromatic ring is 1. The molecule has 7 nitrogen and oxygen atoms in total. The van der Waals surface area contributed by atoms with Gasteiger partial charge in [-0.15, -0.1) is 0 Å². The number of nitrogens with two attached hydrogens (primary N) is 1. The lowest BCUT2D eigenvalue weighted by Crippen LogP contribution is -2.28. The van der Waals surface area contributed by atoms with Gasteiger partial charge in [0.1, 0.15) is 10.7 Å². The molecule has 4 aromatic rings. The second kappa shape index (κ2) is 7.72. The van der Waals surface area contributed by atoms with Gasteiger partial charge in [-0.1, -0.05) is 6.07 Å². The summed E-state index contributed by atoms with van der Waals surface area (Å²) in [6.07, 6.45) is 8.63. The van der Waals surface area contributed by atoms with Crippen LogP contribution in [0.25, 0.3) is 33.2 Å². The van der Waals surface area contributed by atoms with Gasteiger partial charge in [0, 0.05) is 48.8 Å². The predicted molar refractivity (Wildman–Crippen MR) is 121 cm³/mol. The van der Waals surface area contributed by atoms with Gasteiger partial charge in [-0.3, -0.25) is 9.97 Å². The zero-order valence-corrected chi connectivity index (χ0v) is 17.6. The molecule has 0 bridgehead atoms. The smallest absolute Gasteiger partial charge is 0.246 e. The number of anilines is 1. The van der Waals surface area contributed by atoms with Crippen molar-refractivity contribution in [2.45, 2.75) is 17.7 Å². The van der Waals surface area contributed by atoms with Crippen LogP contribution in [-0.2, 0) is 10.0 Å². The fraction of sp³-hybridized carbons (Fsp3) is 0.174. The highest BCUT2D eigenvalue weighted by atomic mass is 32.2. The number of fused-ring (bicyclic) bond motifs is 1. The summed E-state index contributed by atoms with van der Waals surface area (Å²) in [4.78, 5) is 12.8. The Kier molecular flexibility index (Phi) is 4.88. The van der Waals surface area contributed by atoms with Crippen LogP contribution in [0.1, 0.15) is 12.8 Å². The molecule has 0 amide bonds. The molecule has 1 aliphatic rings. The lowest BCUT2D eigenvalue weighted by atomic mass is 9.98. The van der Waals surface area contributed by atoms with Crippen molar-refractivity contribution < 1.29 is 8.42 Å². The second-order valence-electron chi connectivity index (χ2n) is 7.54. The van der Waals surface area contributed by atoms with E-state index in [0.717, 1.165) is 40.4 Å². The Hall–Kier alpha value is -3.36. The highest BCUT2D eigenvalue weighted by molar-refractivity contribution is 7.89. The summed E-state index contributed by atoms with van der Waals surface area (Å²) in [6, 6.07) is 13.4. The summed E-state index contributed by atoms with van der Waals surface area (Å²) in [5.74, 6) is 0.0237. The summed E-state index contributed by atoms with van der Waals surface area (Å²) in [5.41, 5.74) is 10.4. The van der Waals surface area contributed by atoms with Gasteiger partial charge >= 0.3 is 0 Å². The van der Waals surface area contributed by atoms with E-state index in [1.165, 1.54) is 4.31 Å². The molecule has 4 heterocycles. The van der Waals surface area contributed by atoms with Gasteiger partial charge in [-0.05, 0) is 65.9 Å². The Bertz CT molecular complexity index is 1370. The third kappa shape index (κ3) is 3.54. The first-order valence-electron chi connectivity index (χ1n) is 10.1. The number of hydrogen-bond acceptors (Lipinski definition) is 6. The van der Waals surface area contributed by atoms with Crippen LogP contribution in [-0.4, -0.2) is 40.8 Å². The minimum absolute atomic E-state index is 0.0237. The fourth-order valence-electron chi connectivity index (χ4n) is 4.00. The molecular weight excluding hydrogens is 410 g/mol. The van der Waals surface area contributed by atoms with Crippen LogP contribution < -0.4 is 5.73 Å². The summed E-state index contributed by atoms with van der Waals surface area (Å²) in [6.45, 7) is 1.03. The summed E-state index contributed by atoms with van der Waals surface area (Å²) in [5, 5.41) is 0.965. The number of pyridine rings is 3. The molecule has 31 heavy (non-hydrogen) atoms. The Labute approximate surface area is 180 Å². The summed E-state index contributed by atoms with van der Waals surface area (Å²) >= 11 is 0. The van der Waals surface area contributed by atoms with Crippen molar-refractivity contribution in [3.63, 3.8) is 0 Å². The van der Waals surface area contributed by atoms with Crippen molar-refractivity contribution >= 4 is 26.7 Å². The van der Waals surface area contributed by atoms with E-state index in [1.807, 2.05) is 36.4 Å². The fourth-order valence-corrected chi connectivity index (χ4v) is 5.61. The van der Waals surface area contributed by atoms with Crippen molar-refractivity contribution in [2.75, 3.05) is 18.8 Å². The van der Waals surface area contributed by atoms with E-state index in [-0.39, 0.29) is 10.7 Å².